The lowest BCUT2D eigenvalue weighted by molar-refractivity contribution is 0.139. The van der Waals surface area contributed by atoms with Crippen molar-refractivity contribution in [2.45, 2.75) is 57.5 Å². The van der Waals surface area contributed by atoms with Crippen LogP contribution in [0.4, 0.5) is 0 Å². The first kappa shape index (κ1) is 16.0. The van der Waals surface area contributed by atoms with Gasteiger partial charge in [-0.05, 0) is 30.2 Å². The molecule has 0 heterocycles. The van der Waals surface area contributed by atoms with Gasteiger partial charge < -0.3 is 10.4 Å². The summed E-state index contributed by atoms with van der Waals surface area (Å²) in [5.41, 5.74) is 0.904. The van der Waals surface area contributed by atoms with Crippen LogP contribution in [0.1, 0.15) is 45.6 Å². The van der Waals surface area contributed by atoms with Gasteiger partial charge in [-0.25, -0.2) is 0 Å². The summed E-state index contributed by atoms with van der Waals surface area (Å²) in [7, 11) is 0. The number of nitriles is 1. The highest BCUT2D eigenvalue weighted by molar-refractivity contribution is 5.36. The summed E-state index contributed by atoms with van der Waals surface area (Å²) in [6.45, 7) is 6.76. The maximum Gasteiger partial charge on any atom is 0.0852 e. The summed E-state index contributed by atoms with van der Waals surface area (Å²) in [5, 5.41) is 22.5. The van der Waals surface area contributed by atoms with Crippen molar-refractivity contribution in [3.8, 4) is 6.07 Å². The molecular weight excluding hydrogens is 260 g/mol. The second-order valence-electron chi connectivity index (χ2n) is 7.26. The van der Waals surface area contributed by atoms with Crippen molar-refractivity contribution in [1.82, 2.24) is 5.32 Å². The Morgan fingerprint density at radius 1 is 1.33 bits per heavy atom. The van der Waals surface area contributed by atoms with E-state index in [1.165, 1.54) is 0 Å². The molecule has 1 unspecified atom stereocenters. The fourth-order valence-corrected chi connectivity index (χ4v) is 3.23. The number of aliphatic hydroxyl groups excluding tert-OH is 1. The first-order chi connectivity index (χ1) is 9.91. The van der Waals surface area contributed by atoms with Crippen molar-refractivity contribution in [2.75, 3.05) is 6.61 Å². The normalized spacial score (nSPS) is 26.7. The summed E-state index contributed by atoms with van der Waals surface area (Å²) in [5.74, 6) is 0. The molecule has 1 atom stereocenters. The molecule has 1 aliphatic rings. The minimum Gasteiger partial charge on any atom is -0.396 e. The second kappa shape index (κ2) is 6.17. The quantitative estimate of drug-likeness (QED) is 0.875. The lowest BCUT2D eigenvalue weighted by Crippen LogP contribution is -2.56. The Hall–Kier alpha value is -1.37. The number of nitrogens with one attached hydrogen (secondary N) is 1. The topological polar surface area (TPSA) is 56.0 Å². The maximum atomic E-state index is 9.59. The molecule has 1 fully saturated rings. The van der Waals surface area contributed by atoms with E-state index in [0.29, 0.717) is 6.04 Å². The minimum atomic E-state index is -0.333. The van der Waals surface area contributed by atoms with Gasteiger partial charge in [-0.3, -0.25) is 0 Å². The van der Waals surface area contributed by atoms with E-state index in [9.17, 15) is 10.4 Å². The fraction of sp³-hybridized carbons (Fsp3) is 0.611. The van der Waals surface area contributed by atoms with Gasteiger partial charge in [0.25, 0.3) is 0 Å². The molecule has 2 N–H and O–H groups in total. The largest absolute Gasteiger partial charge is 0.396 e. The molecule has 0 aromatic heterocycles. The van der Waals surface area contributed by atoms with Crippen LogP contribution in [0.2, 0.25) is 0 Å². The van der Waals surface area contributed by atoms with Crippen LogP contribution >= 0.6 is 0 Å². The van der Waals surface area contributed by atoms with Crippen LogP contribution in [0.3, 0.4) is 0 Å². The Bertz CT molecular complexity index is 492. The average molecular weight is 286 g/mol. The molecule has 1 aromatic carbocycles. The summed E-state index contributed by atoms with van der Waals surface area (Å²) < 4.78 is 0. The van der Waals surface area contributed by atoms with Gasteiger partial charge in [-0.15, -0.1) is 0 Å². The van der Waals surface area contributed by atoms with Crippen LogP contribution in [0, 0.1) is 16.7 Å². The van der Waals surface area contributed by atoms with E-state index >= 15 is 0 Å². The van der Waals surface area contributed by atoms with Crippen molar-refractivity contribution in [1.29, 1.82) is 5.26 Å². The van der Waals surface area contributed by atoms with Gasteiger partial charge in [-0.1, -0.05) is 51.1 Å². The van der Waals surface area contributed by atoms with Gasteiger partial charge in [0.1, 0.15) is 0 Å². The van der Waals surface area contributed by atoms with Crippen molar-refractivity contribution < 1.29 is 5.11 Å². The van der Waals surface area contributed by atoms with Crippen molar-refractivity contribution in [3.05, 3.63) is 35.9 Å². The molecule has 0 bridgehead atoms. The van der Waals surface area contributed by atoms with Gasteiger partial charge >= 0.3 is 0 Å². The molecule has 0 saturated heterocycles. The molecule has 0 spiro atoms. The second-order valence-corrected chi connectivity index (χ2v) is 7.26. The lowest BCUT2D eigenvalue weighted by atomic mass is 9.62. The molecule has 1 aromatic rings. The van der Waals surface area contributed by atoms with Crippen LogP contribution < -0.4 is 5.32 Å². The summed E-state index contributed by atoms with van der Waals surface area (Å²) in [4.78, 5) is 0. The van der Waals surface area contributed by atoms with Crippen molar-refractivity contribution in [3.63, 3.8) is 0 Å². The van der Waals surface area contributed by atoms with E-state index in [4.69, 9.17) is 0 Å². The van der Waals surface area contributed by atoms with Crippen LogP contribution in [-0.2, 0) is 5.41 Å². The van der Waals surface area contributed by atoms with E-state index in [1.54, 1.807) is 0 Å². The molecule has 3 nitrogen and oxygen atoms in total. The number of benzene rings is 1. The van der Waals surface area contributed by atoms with Crippen molar-refractivity contribution in [2.24, 2.45) is 5.41 Å². The monoisotopic (exact) mass is 286 g/mol. The first-order valence-electron chi connectivity index (χ1n) is 7.75. The molecule has 0 radical (unpaired) electrons. The van der Waals surface area contributed by atoms with Gasteiger partial charge in [0, 0.05) is 18.7 Å². The Labute approximate surface area is 128 Å². The highest BCUT2D eigenvalue weighted by Crippen LogP contribution is 2.44. The number of hydrogen-bond acceptors (Lipinski definition) is 3. The zero-order chi connectivity index (χ0) is 15.5. The van der Waals surface area contributed by atoms with Crippen LogP contribution in [0.15, 0.2) is 30.3 Å². The number of hydrogen-bond donors (Lipinski definition) is 2. The molecule has 3 heteroatoms. The average Bonchev–Trinajstić information content (AvgIpc) is 2.41. The predicted molar refractivity (Wildman–Crippen MR) is 84.8 cm³/mol. The molecule has 0 amide bonds. The predicted octanol–water partition coefficient (Wildman–Crippen LogP) is 3.00. The number of nitrogens with zero attached hydrogens (tertiary/aromatic N) is 1. The van der Waals surface area contributed by atoms with Gasteiger partial charge in [0.15, 0.2) is 0 Å². The van der Waals surface area contributed by atoms with E-state index < -0.39 is 0 Å². The SMILES string of the molecule is CC(C)(C)C(CCO)NC1CC(C#N)(c2ccccc2)C1. The zero-order valence-electron chi connectivity index (χ0n) is 13.3. The van der Waals surface area contributed by atoms with E-state index in [0.717, 1.165) is 24.8 Å². The van der Waals surface area contributed by atoms with E-state index in [1.807, 2.05) is 18.2 Å². The third-order valence-corrected chi connectivity index (χ3v) is 4.63. The number of rotatable bonds is 5. The Morgan fingerprint density at radius 2 is 1.95 bits per heavy atom. The smallest absolute Gasteiger partial charge is 0.0852 e. The Balaban J connectivity index is 2.00. The standard InChI is InChI=1S/C18H26N2O/c1-17(2,3)16(9-10-21)20-15-11-18(12-15,13-19)14-7-5-4-6-8-14/h4-8,15-16,20-21H,9-12H2,1-3H3. The Morgan fingerprint density at radius 3 is 2.43 bits per heavy atom. The summed E-state index contributed by atoms with van der Waals surface area (Å²) in [6.07, 6.45) is 2.46. The zero-order valence-corrected chi connectivity index (χ0v) is 13.3. The van der Waals surface area contributed by atoms with Gasteiger partial charge in [0.2, 0.25) is 0 Å². The third-order valence-electron chi connectivity index (χ3n) is 4.63. The molecule has 114 valence electrons. The molecule has 2 rings (SSSR count). The van der Waals surface area contributed by atoms with Gasteiger partial charge in [0.05, 0.1) is 11.5 Å². The minimum absolute atomic E-state index is 0.111. The fourth-order valence-electron chi connectivity index (χ4n) is 3.23. The first-order valence-corrected chi connectivity index (χ1v) is 7.75. The van der Waals surface area contributed by atoms with Gasteiger partial charge in [-0.2, -0.15) is 5.26 Å². The molecule has 21 heavy (non-hydrogen) atoms. The summed E-state index contributed by atoms with van der Waals surface area (Å²) in [6, 6.07) is 13.2. The van der Waals surface area contributed by atoms with E-state index in [-0.39, 0.29) is 23.5 Å². The molecule has 0 aliphatic heterocycles. The molecule has 1 aliphatic carbocycles. The maximum absolute atomic E-state index is 9.59. The highest BCUT2D eigenvalue weighted by Gasteiger charge is 2.47. The van der Waals surface area contributed by atoms with Crippen LogP contribution in [0.25, 0.3) is 0 Å². The molecular formula is C18H26N2O. The highest BCUT2D eigenvalue weighted by atomic mass is 16.3. The summed E-state index contributed by atoms with van der Waals surface area (Å²) >= 11 is 0. The van der Waals surface area contributed by atoms with Crippen molar-refractivity contribution >= 4 is 0 Å². The van der Waals surface area contributed by atoms with Crippen LogP contribution in [0.5, 0.6) is 0 Å². The van der Waals surface area contributed by atoms with Crippen LogP contribution in [-0.4, -0.2) is 23.8 Å². The Kier molecular flexibility index (Phi) is 4.70. The molecule has 1 saturated carbocycles. The third kappa shape index (κ3) is 3.45. The lowest BCUT2D eigenvalue weighted by Gasteiger charge is -2.46. The number of aliphatic hydroxyl groups is 1. The van der Waals surface area contributed by atoms with E-state index in [2.05, 4.69) is 44.3 Å².